The van der Waals surface area contributed by atoms with Gasteiger partial charge in [-0.15, -0.1) is 0 Å². The predicted octanol–water partition coefficient (Wildman–Crippen LogP) is 2.66. The van der Waals surface area contributed by atoms with Gasteiger partial charge >= 0.3 is 0 Å². The van der Waals surface area contributed by atoms with Crippen LogP contribution in [0.4, 0.5) is 5.82 Å². The third kappa shape index (κ3) is 2.63. The minimum atomic E-state index is 0.199. The van der Waals surface area contributed by atoms with Crippen molar-refractivity contribution in [2.45, 2.75) is 32.2 Å². The van der Waals surface area contributed by atoms with Crippen LogP contribution in [0.25, 0.3) is 0 Å². The Morgan fingerprint density at radius 1 is 1.29 bits per heavy atom. The van der Waals surface area contributed by atoms with Gasteiger partial charge in [-0.1, -0.05) is 38.1 Å². The first-order valence-corrected chi connectivity index (χ1v) is 7.57. The van der Waals surface area contributed by atoms with E-state index in [0.717, 1.165) is 24.5 Å². The molecule has 1 aliphatic rings. The van der Waals surface area contributed by atoms with E-state index < -0.39 is 0 Å². The van der Waals surface area contributed by atoms with E-state index >= 15 is 0 Å². The van der Waals surface area contributed by atoms with Gasteiger partial charge in [0.1, 0.15) is 12.1 Å². The summed E-state index contributed by atoms with van der Waals surface area (Å²) in [6.07, 6.45) is 2.70. The molecule has 110 valence electrons. The Bertz CT molecular complexity index is 624. The van der Waals surface area contributed by atoms with Crippen LogP contribution in [0.3, 0.4) is 0 Å². The molecule has 2 heterocycles. The van der Waals surface area contributed by atoms with Gasteiger partial charge in [-0.2, -0.15) is 0 Å². The van der Waals surface area contributed by atoms with Crippen molar-refractivity contribution < 1.29 is 0 Å². The molecule has 4 nitrogen and oxygen atoms in total. The SMILES string of the molecule is CC(C)c1cc(N2CCc3ccccc3C2CN)ncn1. The second kappa shape index (κ2) is 5.82. The number of aromatic nitrogens is 2. The lowest BCUT2D eigenvalue weighted by Crippen LogP contribution is -2.40. The highest BCUT2D eigenvalue weighted by molar-refractivity contribution is 5.48. The van der Waals surface area contributed by atoms with Crippen LogP contribution in [0.5, 0.6) is 0 Å². The highest BCUT2D eigenvalue weighted by Gasteiger charge is 2.27. The van der Waals surface area contributed by atoms with Gasteiger partial charge < -0.3 is 10.6 Å². The fourth-order valence-corrected chi connectivity index (χ4v) is 3.01. The zero-order valence-electron chi connectivity index (χ0n) is 12.7. The van der Waals surface area contributed by atoms with Gasteiger partial charge in [0.2, 0.25) is 0 Å². The summed E-state index contributed by atoms with van der Waals surface area (Å²) >= 11 is 0. The Kier molecular flexibility index (Phi) is 3.88. The van der Waals surface area contributed by atoms with Crippen molar-refractivity contribution in [2.75, 3.05) is 18.0 Å². The van der Waals surface area contributed by atoms with E-state index in [1.807, 2.05) is 0 Å². The molecule has 0 radical (unpaired) electrons. The minimum Gasteiger partial charge on any atom is -0.348 e. The van der Waals surface area contributed by atoms with Crippen LogP contribution in [0.2, 0.25) is 0 Å². The molecule has 1 aromatic carbocycles. The molecule has 0 bridgehead atoms. The second-order valence-corrected chi connectivity index (χ2v) is 5.85. The van der Waals surface area contributed by atoms with Crippen LogP contribution in [0.1, 0.15) is 42.6 Å². The van der Waals surface area contributed by atoms with Gasteiger partial charge in [0.05, 0.1) is 6.04 Å². The van der Waals surface area contributed by atoms with Crippen LogP contribution >= 0.6 is 0 Å². The van der Waals surface area contributed by atoms with Crippen LogP contribution in [0.15, 0.2) is 36.7 Å². The first-order valence-electron chi connectivity index (χ1n) is 7.57. The quantitative estimate of drug-likeness (QED) is 0.940. The molecule has 0 saturated heterocycles. The number of anilines is 1. The maximum Gasteiger partial charge on any atom is 0.132 e. The number of fused-ring (bicyclic) bond motifs is 1. The molecule has 0 fully saturated rings. The van der Waals surface area contributed by atoms with E-state index in [1.54, 1.807) is 6.33 Å². The molecular weight excluding hydrogens is 260 g/mol. The standard InChI is InChI=1S/C17H22N4/c1-12(2)15-9-17(20-11-19-15)21-8-7-13-5-3-4-6-14(13)16(21)10-18/h3-6,9,11-12,16H,7-8,10,18H2,1-2H3. The average Bonchev–Trinajstić information content (AvgIpc) is 2.53. The normalized spacial score (nSPS) is 17.9. The van der Waals surface area contributed by atoms with Gasteiger partial charge in [-0.25, -0.2) is 9.97 Å². The Morgan fingerprint density at radius 3 is 2.86 bits per heavy atom. The first kappa shape index (κ1) is 14.0. The molecule has 4 heteroatoms. The maximum absolute atomic E-state index is 6.06. The highest BCUT2D eigenvalue weighted by Crippen LogP contribution is 2.32. The molecule has 3 rings (SSSR count). The number of nitrogens with zero attached hydrogens (tertiary/aromatic N) is 3. The minimum absolute atomic E-state index is 0.199. The van der Waals surface area contributed by atoms with Crippen molar-refractivity contribution in [3.8, 4) is 0 Å². The van der Waals surface area contributed by atoms with Crippen LogP contribution in [-0.2, 0) is 6.42 Å². The summed E-state index contributed by atoms with van der Waals surface area (Å²) in [4.78, 5) is 11.2. The van der Waals surface area contributed by atoms with Gasteiger partial charge in [-0.05, 0) is 23.5 Å². The van der Waals surface area contributed by atoms with Crippen molar-refractivity contribution in [1.29, 1.82) is 0 Å². The van der Waals surface area contributed by atoms with E-state index in [1.165, 1.54) is 11.1 Å². The molecule has 0 spiro atoms. The van der Waals surface area contributed by atoms with Gasteiger partial charge in [0, 0.05) is 24.8 Å². The summed E-state index contributed by atoms with van der Waals surface area (Å²) in [5.41, 5.74) is 9.87. The molecule has 1 atom stereocenters. The Morgan fingerprint density at radius 2 is 2.10 bits per heavy atom. The summed E-state index contributed by atoms with van der Waals surface area (Å²) in [6, 6.07) is 10.9. The topological polar surface area (TPSA) is 55.0 Å². The molecule has 2 N–H and O–H groups in total. The van der Waals surface area contributed by atoms with Crippen molar-refractivity contribution in [3.63, 3.8) is 0 Å². The first-order chi connectivity index (χ1) is 10.2. The zero-order chi connectivity index (χ0) is 14.8. The number of benzene rings is 1. The molecule has 1 aliphatic heterocycles. The smallest absolute Gasteiger partial charge is 0.132 e. The molecule has 0 amide bonds. The molecule has 1 unspecified atom stereocenters. The lowest BCUT2D eigenvalue weighted by atomic mass is 9.92. The van der Waals surface area contributed by atoms with Crippen LogP contribution in [0, 0.1) is 0 Å². The van der Waals surface area contributed by atoms with E-state index in [-0.39, 0.29) is 6.04 Å². The summed E-state index contributed by atoms with van der Waals surface area (Å²) in [5, 5.41) is 0. The summed E-state index contributed by atoms with van der Waals surface area (Å²) in [5.74, 6) is 1.39. The largest absolute Gasteiger partial charge is 0.348 e. The van der Waals surface area contributed by atoms with Crippen molar-refractivity contribution >= 4 is 5.82 Å². The Balaban J connectivity index is 1.98. The van der Waals surface area contributed by atoms with E-state index in [2.05, 4.69) is 59.0 Å². The molecular formula is C17H22N4. The Labute approximate surface area is 126 Å². The summed E-state index contributed by atoms with van der Waals surface area (Å²) < 4.78 is 0. The maximum atomic E-state index is 6.06. The van der Waals surface area contributed by atoms with E-state index in [0.29, 0.717) is 12.5 Å². The molecule has 2 aromatic rings. The molecule has 0 aliphatic carbocycles. The lowest BCUT2D eigenvalue weighted by Gasteiger charge is -2.37. The fraction of sp³-hybridized carbons (Fsp3) is 0.412. The zero-order valence-corrected chi connectivity index (χ0v) is 12.7. The summed E-state index contributed by atoms with van der Waals surface area (Å²) in [7, 11) is 0. The van der Waals surface area contributed by atoms with Crippen LogP contribution < -0.4 is 10.6 Å². The van der Waals surface area contributed by atoms with E-state index in [4.69, 9.17) is 5.73 Å². The Hall–Kier alpha value is -1.94. The van der Waals surface area contributed by atoms with Crippen molar-refractivity contribution in [3.05, 3.63) is 53.5 Å². The monoisotopic (exact) mass is 282 g/mol. The third-order valence-corrected chi connectivity index (χ3v) is 4.20. The number of hydrogen-bond donors (Lipinski definition) is 1. The average molecular weight is 282 g/mol. The molecule has 1 aromatic heterocycles. The predicted molar refractivity (Wildman–Crippen MR) is 85.4 cm³/mol. The number of rotatable bonds is 3. The third-order valence-electron chi connectivity index (χ3n) is 4.20. The van der Waals surface area contributed by atoms with E-state index in [9.17, 15) is 0 Å². The number of nitrogens with two attached hydrogens (primary N) is 1. The van der Waals surface area contributed by atoms with Gasteiger partial charge in [-0.3, -0.25) is 0 Å². The van der Waals surface area contributed by atoms with Gasteiger partial charge in [0.25, 0.3) is 0 Å². The number of hydrogen-bond acceptors (Lipinski definition) is 4. The van der Waals surface area contributed by atoms with Crippen LogP contribution in [-0.4, -0.2) is 23.1 Å². The lowest BCUT2D eigenvalue weighted by molar-refractivity contribution is 0.582. The molecule has 21 heavy (non-hydrogen) atoms. The molecule has 0 saturated carbocycles. The highest BCUT2D eigenvalue weighted by atomic mass is 15.2. The second-order valence-electron chi connectivity index (χ2n) is 5.85. The summed E-state index contributed by atoms with van der Waals surface area (Å²) in [6.45, 7) is 5.85. The van der Waals surface area contributed by atoms with Gasteiger partial charge in [0.15, 0.2) is 0 Å². The van der Waals surface area contributed by atoms with Crippen molar-refractivity contribution in [1.82, 2.24) is 9.97 Å². The van der Waals surface area contributed by atoms with Crippen molar-refractivity contribution in [2.24, 2.45) is 5.73 Å². The fourth-order valence-electron chi connectivity index (χ4n) is 3.01.